The number of allylic oxidation sites excluding steroid dienone is 1. The van der Waals surface area contributed by atoms with Crippen molar-refractivity contribution in [1.82, 2.24) is 0 Å². The number of rotatable bonds is 7. The average molecular weight is 214 g/mol. The van der Waals surface area contributed by atoms with Crippen molar-refractivity contribution in [2.75, 3.05) is 13.2 Å². The zero-order valence-corrected chi connectivity index (χ0v) is 10.0. The van der Waals surface area contributed by atoms with Crippen LogP contribution >= 0.6 is 0 Å². The number of hydrogen-bond donors (Lipinski definition) is 1. The second kappa shape index (κ2) is 8.48. The van der Waals surface area contributed by atoms with E-state index in [1.807, 2.05) is 0 Å². The third-order valence-electron chi connectivity index (χ3n) is 2.26. The smallest absolute Gasteiger partial charge is 0.333 e. The first-order chi connectivity index (χ1) is 7.17. The number of ether oxygens (including phenoxy) is 1. The lowest BCUT2D eigenvalue weighted by Crippen LogP contribution is -2.11. The monoisotopic (exact) mass is 214 g/mol. The Labute approximate surface area is 92.1 Å². The molecule has 0 aromatic carbocycles. The summed E-state index contributed by atoms with van der Waals surface area (Å²) in [6.07, 6.45) is 3.99. The predicted octanol–water partition coefficient (Wildman–Crippen LogP) is 2.44. The normalized spacial score (nSPS) is 9.87. The molecule has 0 bridgehead atoms. The standard InChI is InChI=1S/C12H22O3/c1-4-6-11(7-5-2)10(3)12(14)15-9-8-13/h13H,4-9H2,1-3H3. The Morgan fingerprint density at radius 2 is 1.73 bits per heavy atom. The van der Waals surface area contributed by atoms with E-state index in [0.717, 1.165) is 25.7 Å². The Kier molecular flexibility index (Phi) is 8.01. The van der Waals surface area contributed by atoms with Crippen LogP contribution in [0.1, 0.15) is 46.5 Å². The van der Waals surface area contributed by atoms with E-state index in [9.17, 15) is 4.79 Å². The van der Waals surface area contributed by atoms with E-state index in [1.165, 1.54) is 5.57 Å². The van der Waals surface area contributed by atoms with Crippen LogP contribution in [-0.2, 0) is 9.53 Å². The van der Waals surface area contributed by atoms with Gasteiger partial charge in [0.2, 0.25) is 0 Å². The van der Waals surface area contributed by atoms with Crippen LogP contribution in [0.4, 0.5) is 0 Å². The molecule has 0 radical (unpaired) electrons. The maximum Gasteiger partial charge on any atom is 0.333 e. The first-order valence-corrected chi connectivity index (χ1v) is 5.63. The van der Waals surface area contributed by atoms with Crippen LogP contribution in [0.5, 0.6) is 0 Å². The van der Waals surface area contributed by atoms with Crippen molar-refractivity contribution >= 4 is 5.97 Å². The molecule has 0 spiro atoms. The van der Waals surface area contributed by atoms with Crippen molar-refractivity contribution in [2.45, 2.75) is 46.5 Å². The maximum absolute atomic E-state index is 11.5. The van der Waals surface area contributed by atoms with Crippen molar-refractivity contribution in [3.8, 4) is 0 Å². The van der Waals surface area contributed by atoms with Crippen LogP contribution in [0.25, 0.3) is 0 Å². The molecule has 88 valence electrons. The van der Waals surface area contributed by atoms with Crippen molar-refractivity contribution in [3.05, 3.63) is 11.1 Å². The summed E-state index contributed by atoms with van der Waals surface area (Å²) in [5, 5.41) is 8.55. The van der Waals surface area contributed by atoms with Crippen LogP contribution in [0.2, 0.25) is 0 Å². The van der Waals surface area contributed by atoms with E-state index in [-0.39, 0.29) is 19.2 Å². The highest BCUT2D eigenvalue weighted by molar-refractivity contribution is 5.88. The van der Waals surface area contributed by atoms with Crippen LogP contribution in [0.15, 0.2) is 11.1 Å². The van der Waals surface area contributed by atoms with Gasteiger partial charge in [-0.25, -0.2) is 4.79 Å². The fourth-order valence-corrected chi connectivity index (χ4v) is 1.49. The highest BCUT2D eigenvalue weighted by atomic mass is 16.5. The molecule has 0 fully saturated rings. The quantitative estimate of drug-likeness (QED) is 0.523. The van der Waals surface area contributed by atoms with Gasteiger partial charge < -0.3 is 9.84 Å². The summed E-state index contributed by atoms with van der Waals surface area (Å²) in [5.74, 6) is -0.291. The molecule has 0 rings (SSSR count). The van der Waals surface area contributed by atoms with Gasteiger partial charge in [-0.3, -0.25) is 0 Å². The molecule has 0 aromatic heterocycles. The van der Waals surface area contributed by atoms with Crippen LogP contribution in [-0.4, -0.2) is 24.3 Å². The second-order valence-corrected chi connectivity index (χ2v) is 3.59. The van der Waals surface area contributed by atoms with Crippen molar-refractivity contribution < 1.29 is 14.6 Å². The summed E-state index contributed by atoms with van der Waals surface area (Å²) < 4.78 is 4.88. The number of esters is 1. The summed E-state index contributed by atoms with van der Waals surface area (Å²) in [7, 11) is 0. The van der Waals surface area contributed by atoms with Gasteiger partial charge in [0.15, 0.2) is 0 Å². The minimum atomic E-state index is -0.291. The summed E-state index contributed by atoms with van der Waals surface area (Å²) in [6, 6.07) is 0. The molecule has 0 amide bonds. The Balaban J connectivity index is 4.44. The van der Waals surface area contributed by atoms with E-state index in [4.69, 9.17) is 9.84 Å². The summed E-state index contributed by atoms with van der Waals surface area (Å²) in [6.45, 7) is 5.97. The molecule has 0 aromatic rings. The predicted molar refractivity (Wildman–Crippen MR) is 60.6 cm³/mol. The number of carbonyl (C=O) groups excluding carboxylic acids is 1. The molecule has 0 saturated carbocycles. The third kappa shape index (κ3) is 5.57. The summed E-state index contributed by atoms with van der Waals surface area (Å²) >= 11 is 0. The summed E-state index contributed by atoms with van der Waals surface area (Å²) in [4.78, 5) is 11.5. The Morgan fingerprint density at radius 3 is 2.13 bits per heavy atom. The second-order valence-electron chi connectivity index (χ2n) is 3.59. The first-order valence-electron chi connectivity index (χ1n) is 5.63. The number of aliphatic hydroxyl groups excluding tert-OH is 1. The lowest BCUT2D eigenvalue weighted by Gasteiger charge is -2.10. The fraction of sp³-hybridized carbons (Fsp3) is 0.750. The van der Waals surface area contributed by atoms with E-state index in [1.54, 1.807) is 6.92 Å². The van der Waals surface area contributed by atoms with Crippen LogP contribution in [0.3, 0.4) is 0 Å². The number of aliphatic hydroxyl groups is 1. The van der Waals surface area contributed by atoms with Gasteiger partial charge in [-0.2, -0.15) is 0 Å². The maximum atomic E-state index is 11.5. The topological polar surface area (TPSA) is 46.5 Å². The van der Waals surface area contributed by atoms with E-state index >= 15 is 0 Å². The van der Waals surface area contributed by atoms with Gasteiger partial charge in [0.05, 0.1) is 6.61 Å². The Morgan fingerprint density at radius 1 is 1.20 bits per heavy atom. The average Bonchev–Trinajstić information content (AvgIpc) is 2.24. The molecular weight excluding hydrogens is 192 g/mol. The van der Waals surface area contributed by atoms with Crippen LogP contribution in [0, 0.1) is 0 Å². The van der Waals surface area contributed by atoms with E-state index in [0.29, 0.717) is 5.57 Å². The van der Waals surface area contributed by atoms with E-state index in [2.05, 4.69) is 13.8 Å². The van der Waals surface area contributed by atoms with Gasteiger partial charge in [-0.1, -0.05) is 32.3 Å². The zero-order chi connectivity index (χ0) is 11.7. The minimum Gasteiger partial charge on any atom is -0.460 e. The first kappa shape index (κ1) is 14.2. The van der Waals surface area contributed by atoms with Crippen molar-refractivity contribution in [3.63, 3.8) is 0 Å². The molecule has 3 heteroatoms. The third-order valence-corrected chi connectivity index (χ3v) is 2.26. The molecular formula is C12H22O3. The van der Waals surface area contributed by atoms with Gasteiger partial charge in [-0.15, -0.1) is 0 Å². The van der Waals surface area contributed by atoms with Gasteiger partial charge in [0.25, 0.3) is 0 Å². The number of hydrogen-bond acceptors (Lipinski definition) is 3. The molecule has 0 saturated heterocycles. The molecule has 0 aliphatic rings. The fourth-order valence-electron chi connectivity index (χ4n) is 1.49. The molecule has 0 aliphatic carbocycles. The summed E-state index contributed by atoms with van der Waals surface area (Å²) in [5.41, 5.74) is 1.90. The van der Waals surface area contributed by atoms with Gasteiger partial charge in [0.1, 0.15) is 6.61 Å². The Bertz CT molecular complexity index is 211. The largest absolute Gasteiger partial charge is 0.460 e. The van der Waals surface area contributed by atoms with Crippen molar-refractivity contribution in [1.29, 1.82) is 0 Å². The molecule has 0 unspecified atom stereocenters. The van der Waals surface area contributed by atoms with E-state index < -0.39 is 0 Å². The lowest BCUT2D eigenvalue weighted by molar-refractivity contribution is -0.140. The number of carbonyl (C=O) groups is 1. The molecule has 1 N–H and O–H groups in total. The zero-order valence-electron chi connectivity index (χ0n) is 10.0. The van der Waals surface area contributed by atoms with Gasteiger partial charge in [-0.05, 0) is 19.8 Å². The lowest BCUT2D eigenvalue weighted by atomic mass is 10.0. The molecule has 3 nitrogen and oxygen atoms in total. The van der Waals surface area contributed by atoms with Gasteiger partial charge >= 0.3 is 5.97 Å². The van der Waals surface area contributed by atoms with Crippen LogP contribution < -0.4 is 0 Å². The van der Waals surface area contributed by atoms with Crippen molar-refractivity contribution in [2.24, 2.45) is 0 Å². The highest BCUT2D eigenvalue weighted by Gasteiger charge is 2.10. The molecule has 0 heterocycles. The molecule has 15 heavy (non-hydrogen) atoms. The van der Waals surface area contributed by atoms with Gasteiger partial charge in [0, 0.05) is 5.57 Å². The Hall–Kier alpha value is -0.830. The minimum absolute atomic E-state index is 0.0850. The molecule has 0 aliphatic heterocycles. The molecule has 0 atom stereocenters. The highest BCUT2D eigenvalue weighted by Crippen LogP contribution is 2.17. The SMILES string of the molecule is CCCC(CCC)=C(C)C(=O)OCCO.